The van der Waals surface area contributed by atoms with Crippen LogP contribution in [-0.2, 0) is 4.79 Å². The lowest BCUT2D eigenvalue weighted by Gasteiger charge is -2.14. The van der Waals surface area contributed by atoms with Crippen LogP contribution in [0.15, 0.2) is 24.3 Å². The van der Waals surface area contributed by atoms with Crippen molar-refractivity contribution < 1.29 is 9.53 Å². The molecule has 0 radical (unpaired) electrons. The normalized spacial score (nSPS) is 11.9. The first kappa shape index (κ1) is 13.6. The molecule has 0 aliphatic rings. The Morgan fingerprint density at radius 1 is 1.35 bits per heavy atom. The molecule has 1 atom stereocenters. The van der Waals surface area contributed by atoms with Gasteiger partial charge in [0.05, 0.1) is 12.3 Å². The van der Waals surface area contributed by atoms with Crippen LogP contribution in [0.3, 0.4) is 0 Å². The summed E-state index contributed by atoms with van der Waals surface area (Å²) in [5.74, 6) is 0.820. The Morgan fingerprint density at radius 3 is 2.71 bits per heavy atom. The predicted molar refractivity (Wildman–Crippen MR) is 70.3 cm³/mol. The number of para-hydroxylation sites is 2. The number of nitrogens with one attached hydrogen (secondary N) is 1. The minimum atomic E-state index is 0.0367. The van der Waals surface area contributed by atoms with E-state index in [0.717, 1.165) is 24.3 Å². The third-order valence-electron chi connectivity index (χ3n) is 2.61. The van der Waals surface area contributed by atoms with Crippen molar-refractivity contribution in [3.05, 3.63) is 24.3 Å². The van der Waals surface area contributed by atoms with Gasteiger partial charge in [-0.15, -0.1) is 0 Å². The molecular weight excluding hydrogens is 214 g/mol. The van der Waals surface area contributed by atoms with Crippen LogP contribution < -0.4 is 10.1 Å². The second-order valence-corrected chi connectivity index (χ2v) is 4.11. The van der Waals surface area contributed by atoms with Crippen molar-refractivity contribution in [1.82, 2.24) is 0 Å². The average Bonchev–Trinajstić information content (AvgIpc) is 2.32. The molecule has 0 aliphatic carbocycles. The molecule has 0 saturated heterocycles. The van der Waals surface area contributed by atoms with Gasteiger partial charge >= 0.3 is 0 Å². The van der Waals surface area contributed by atoms with Crippen molar-refractivity contribution in [2.24, 2.45) is 5.92 Å². The van der Waals surface area contributed by atoms with Crippen LogP contribution in [-0.4, -0.2) is 12.5 Å². The van der Waals surface area contributed by atoms with E-state index in [9.17, 15) is 4.79 Å². The van der Waals surface area contributed by atoms with Crippen LogP contribution in [0.1, 0.15) is 33.6 Å². The second-order valence-electron chi connectivity index (χ2n) is 4.11. The average molecular weight is 235 g/mol. The fourth-order valence-corrected chi connectivity index (χ4v) is 1.67. The maximum atomic E-state index is 11.9. The minimum Gasteiger partial charge on any atom is -0.492 e. The second kappa shape index (κ2) is 6.94. The van der Waals surface area contributed by atoms with Crippen LogP contribution >= 0.6 is 0 Å². The van der Waals surface area contributed by atoms with Crippen molar-refractivity contribution >= 4 is 11.6 Å². The molecule has 1 amide bonds. The highest BCUT2D eigenvalue weighted by Crippen LogP contribution is 2.24. The molecule has 3 nitrogen and oxygen atoms in total. The van der Waals surface area contributed by atoms with E-state index in [4.69, 9.17) is 4.74 Å². The zero-order valence-corrected chi connectivity index (χ0v) is 10.8. The molecule has 0 saturated carbocycles. The topological polar surface area (TPSA) is 38.3 Å². The van der Waals surface area contributed by atoms with Crippen molar-refractivity contribution in [3.8, 4) is 5.75 Å². The van der Waals surface area contributed by atoms with E-state index in [1.54, 1.807) is 0 Å². The standard InChI is InChI=1S/C14H21NO2/c1-4-8-11(3)14(16)15-12-9-6-7-10-13(12)17-5-2/h6-7,9-11H,4-5,8H2,1-3H3,(H,15,16). The molecular formula is C14H21NO2. The maximum Gasteiger partial charge on any atom is 0.227 e. The molecule has 1 aromatic rings. The number of ether oxygens (including phenoxy) is 1. The molecule has 1 rings (SSSR count). The molecule has 0 heterocycles. The number of carbonyl (C=O) groups excluding carboxylic acids is 1. The van der Waals surface area contributed by atoms with Crippen LogP contribution in [0, 0.1) is 5.92 Å². The fraction of sp³-hybridized carbons (Fsp3) is 0.500. The van der Waals surface area contributed by atoms with E-state index in [0.29, 0.717) is 6.61 Å². The van der Waals surface area contributed by atoms with Gasteiger partial charge in [0.2, 0.25) is 5.91 Å². The molecule has 17 heavy (non-hydrogen) atoms. The van der Waals surface area contributed by atoms with Crippen LogP contribution in [0.5, 0.6) is 5.75 Å². The summed E-state index contributed by atoms with van der Waals surface area (Å²) in [6.07, 6.45) is 1.92. The number of hydrogen-bond donors (Lipinski definition) is 1. The first-order valence-corrected chi connectivity index (χ1v) is 6.21. The van der Waals surface area contributed by atoms with Crippen molar-refractivity contribution in [2.75, 3.05) is 11.9 Å². The Hall–Kier alpha value is -1.51. The van der Waals surface area contributed by atoms with Gasteiger partial charge in [-0.1, -0.05) is 32.4 Å². The Labute approximate surface area is 103 Å². The van der Waals surface area contributed by atoms with E-state index in [-0.39, 0.29) is 11.8 Å². The molecule has 0 fully saturated rings. The SMILES string of the molecule is CCCC(C)C(=O)Nc1ccccc1OCC. The van der Waals surface area contributed by atoms with Gasteiger partial charge in [-0.3, -0.25) is 4.79 Å². The van der Waals surface area contributed by atoms with Crippen molar-refractivity contribution in [3.63, 3.8) is 0 Å². The van der Waals surface area contributed by atoms with Crippen LogP contribution in [0.4, 0.5) is 5.69 Å². The summed E-state index contributed by atoms with van der Waals surface area (Å²) in [6.45, 7) is 6.55. The summed E-state index contributed by atoms with van der Waals surface area (Å²) in [7, 11) is 0. The number of carbonyl (C=O) groups is 1. The summed E-state index contributed by atoms with van der Waals surface area (Å²) in [6, 6.07) is 7.52. The monoisotopic (exact) mass is 235 g/mol. The summed E-state index contributed by atoms with van der Waals surface area (Å²) >= 11 is 0. The van der Waals surface area contributed by atoms with Gasteiger partial charge in [-0.25, -0.2) is 0 Å². The smallest absolute Gasteiger partial charge is 0.227 e. The zero-order chi connectivity index (χ0) is 12.7. The van der Waals surface area contributed by atoms with Gasteiger partial charge in [-0.2, -0.15) is 0 Å². The molecule has 0 bridgehead atoms. The summed E-state index contributed by atoms with van der Waals surface area (Å²) in [5, 5.41) is 2.92. The maximum absolute atomic E-state index is 11.9. The van der Waals surface area contributed by atoms with E-state index < -0.39 is 0 Å². The largest absolute Gasteiger partial charge is 0.492 e. The summed E-state index contributed by atoms with van der Waals surface area (Å²) < 4.78 is 5.46. The zero-order valence-electron chi connectivity index (χ0n) is 10.8. The summed E-state index contributed by atoms with van der Waals surface area (Å²) in [5.41, 5.74) is 0.752. The van der Waals surface area contributed by atoms with Gasteiger partial charge in [0.25, 0.3) is 0 Å². The Bertz CT molecular complexity index is 363. The Kier molecular flexibility index (Phi) is 5.53. The molecule has 0 aromatic heterocycles. The molecule has 0 aliphatic heterocycles. The van der Waals surface area contributed by atoms with Crippen LogP contribution in [0.25, 0.3) is 0 Å². The lowest BCUT2D eigenvalue weighted by Crippen LogP contribution is -2.20. The van der Waals surface area contributed by atoms with Gasteiger partial charge < -0.3 is 10.1 Å². The number of amides is 1. The molecule has 1 N–H and O–H groups in total. The van der Waals surface area contributed by atoms with E-state index in [1.807, 2.05) is 38.1 Å². The lowest BCUT2D eigenvalue weighted by molar-refractivity contribution is -0.119. The van der Waals surface area contributed by atoms with Gasteiger partial charge in [0, 0.05) is 5.92 Å². The molecule has 3 heteroatoms. The van der Waals surface area contributed by atoms with Crippen molar-refractivity contribution in [2.45, 2.75) is 33.6 Å². The van der Waals surface area contributed by atoms with Gasteiger partial charge in [0.15, 0.2) is 0 Å². The highest BCUT2D eigenvalue weighted by Gasteiger charge is 2.13. The first-order chi connectivity index (χ1) is 8.19. The molecule has 1 unspecified atom stereocenters. The Morgan fingerprint density at radius 2 is 2.06 bits per heavy atom. The van der Waals surface area contributed by atoms with Crippen molar-refractivity contribution in [1.29, 1.82) is 0 Å². The first-order valence-electron chi connectivity index (χ1n) is 6.21. The van der Waals surface area contributed by atoms with Gasteiger partial charge in [0.1, 0.15) is 5.75 Å². The Balaban J connectivity index is 2.70. The van der Waals surface area contributed by atoms with E-state index in [2.05, 4.69) is 12.2 Å². The predicted octanol–water partition coefficient (Wildman–Crippen LogP) is 3.46. The highest BCUT2D eigenvalue weighted by molar-refractivity contribution is 5.93. The molecule has 1 aromatic carbocycles. The number of hydrogen-bond acceptors (Lipinski definition) is 2. The number of anilines is 1. The van der Waals surface area contributed by atoms with E-state index >= 15 is 0 Å². The molecule has 94 valence electrons. The number of rotatable bonds is 6. The molecule has 0 spiro atoms. The third kappa shape index (κ3) is 4.10. The highest BCUT2D eigenvalue weighted by atomic mass is 16.5. The quantitative estimate of drug-likeness (QED) is 0.820. The lowest BCUT2D eigenvalue weighted by atomic mass is 10.1. The minimum absolute atomic E-state index is 0.0367. The fourth-order valence-electron chi connectivity index (χ4n) is 1.67. The van der Waals surface area contributed by atoms with Gasteiger partial charge in [-0.05, 0) is 25.5 Å². The van der Waals surface area contributed by atoms with E-state index in [1.165, 1.54) is 0 Å². The number of benzene rings is 1. The summed E-state index contributed by atoms with van der Waals surface area (Å²) in [4.78, 5) is 11.9. The third-order valence-corrected chi connectivity index (χ3v) is 2.61. The van der Waals surface area contributed by atoms with Crippen LogP contribution in [0.2, 0.25) is 0 Å².